The highest BCUT2D eigenvalue weighted by molar-refractivity contribution is 6.48. The second-order valence-corrected chi connectivity index (χ2v) is 17.2. The van der Waals surface area contributed by atoms with Gasteiger partial charge < -0.3 is 39.5 Å². The van der Waals surface area contributed by atoms with Crippen LogP contribution >= 0.6 is 0 Å². The number of benzene rings is 3. The van der Waals surface area contributed by atoms with Crippen molar-refractivity contribution in [1.29, 1.82) is 0 Å². The first-order chi connectivity index (χ1) is 26.2. The van der Waals surface area contributed by atoms with E-state index in [1.54, 1.807) is 21.3 Å². The molecule has 3 saturated carbocycles. The van der Waals surface area contributed by atoms with Crippen LogP contribution in [0.15, 0.2) is 66.7 Å². The molecule has 7 atom stereocenters. The first-order valence-electron chi connectivity index (χ1n) is 19.8. The molecule has 7 rings (SSSR count). The Balaban J connectivity index is 1.24. The summed E-state index contributed by atoms with van der Waals surface area (Å²) in [5, 5.41) is 9.91. The molecule has 1 heterocycles. The summed E-state index contributed by atoms with van der Waals surface area (Å²) in [4.78, 5) is 28.8. The Hall–Kier alpha value is -4.22. The van der Waals surface area contributed by atoms with Crippen LogP contribution in [-0.2, 0) is 25.3 Å². The van der Waals surface area contributed by atoms with Crippen LogP contribution in [-0.4, -0.2) is 70.0 Å². The van der Waals surface area contributed by atoms with Gasteiger partial charge in [0.05, 0.1) is 39.0 Å². The van der Waals surface area contributed by atoms with Crippen molar-refractivity contribution < 1.29 is 33.1 Å². The van der Waals surface area contributed by atoms with Gasteiger partial charge in [0.15, 0.2) is 11.5 Å². The average molecular weight is 754 g/mol. The third-order valence-electron chi connectivity index (χ3n) is 12.4. The number of hydrogen-bond donors (Lipinski definition) is 3. The fourth-order valence-corrected chi connectivity index (χ4v) is 9.20. The van der Waals surface area contributed by atoms with Gasteiger partial charge in [0.1, 0.15) is 12.1 Å². The minimum absolute atomic E-state index is 0.00358. The number of nitrogens with one attached hydrogen (secondary N) is 3. The van der Waals surface area contributed by atoms with Gasteiger partial charge in [-0.15, -0.1) is 0 Å². The third-order valence-corrected chi connectivity index (χ3v) is 12.4. The summed E-state index contributed by atoms with van der Waals surface area (Å²) in [6.07, 6.45) is 3.07. The summed E-state index contributed by atoms with van der Waals surface area (Å²) in [7, 11) is 4.13. The van der Waals surface area contributed by atoms with Gasteiger partial charge in [-0.05, 0) is 96.2 Å². The quantitative estimate of drug-likeness (QED) is 0.130. The molecule has 4 fully saturated rings. The highest BCUT2D eigenvalue weighted by Gasteiger charge is 2.68. The van der Waals surface area contributed by atoms with Crippen LogP contribution in [0.1, 0.15) is 73.3 Å². The van der Waals surface area contributed by atoms with Crippen LogP contribution in [0.3, 0.4) is 0 Å². The van der Waals surface area contributed by atoms with Crippen LogP contribution in [0.25, 0.3) is 11.1 Å². The van der Waals surface area contributed by atoms with Crippen LogP contribution in [0, 0.1) is 29.1 Å². The first-order valence-corrected chi connectivity index (χ1v) is 19.8. The maximum atomic E-state index is 14.5. The molecular formula is C44H60BN3O7. The molecule has 4 aliphatic rings. The van der Waals surface area contributed by atoms with Crippen molar-refractivity contribution in [2.75, 3.05) is 26.6 Å². The lowest BCUT2D eigenvalue weighted by molar-refractivity contribution is -0.199. The molecular weight excluding hydrogens is 693 g/mol. The summed E-state index contributed by atoms with van der Waals surface area (Å²) < 4.78 is 30.3. The van der Waals surface area contributed by atoms with E-state index in [2.05, 4.69) is 62.7 Å². The monoisotopic (exact) mass is 753 g/mol. The Morgan fingerprint density at radius 2 is 1.51 bits per heavy atom. The second-order valence-electron chi connectivity index (χ2n) is 17.2. The van der Waals surface area contributed by atoms with Crippen LogP contribution in [0.4, 0.5) is 5.69 Å². The molecule has 3 aromatic carbocycles. The fraction of sp³-hybridized carbons (Fsp3) is 0.545. The summed E-state index contributed by atoms with van der Waals surface area (Å²) in [5.74, 6) is 1.61. The highest BCUT2D eigenvalue weighted by atomic mass is 16.7. The molecule has 2 bridgehead atoms. The summed E-state index contributed by atoms with van der Waals surface area (Å²) in [5.41, 5.74) is 3.45. The van der Waals surface area contributed by atoms with E-state index in [4.69, 9.17) is 23.5 Å². The van der Waals surface area contributed by atoms with Gasteiger partial charge in [-0.25, -0.2) is 0 Å². The lowest BCUT2D eigenvalue weighted by Gasteiger charge is -2.64. The fourth-order valence-electron chi connectivity index (χ4n) is 9.20. The molecule has 3 N–H and O–H groups in total. The number of carbonyl (C=O) groups is 2. The molecule has 1 saturated heterocycles. The van der Waals surface area contributed by atoms with Gasteiger partial charge in [0, 0.05) is 12.1 Å². The summed E-state index contributed by atoms with van der Waals surface area (Å²) in [6.45, 7) is 15.0. The van der Waals surface area contributed by atoms with Gasteiger partial charge in [0.25, 0.3) is 0 Å². The van der Waals surface area contributed by atoms with Gasteiger partial charge in [-0.2, -0.15) is 0 Å². The van der Waals surface area contributed by atoms with Gasteiger partial charge >= 0.3 is 7.12 Å². The van der Waals surface area contributed by atoms with E-state index < -0.39 is 24.8 Å². The minimum atomic E-state index is -0.812. The van der Waals surface area contributed by atoms with Crippen molar-refractivity contribution >= 4 is 24.6 Å². The zero-order chi connectivity index (χ0) is 39.7. The van der Waals surface area contributed by atoms with E-state index >= 15 is 0 Å². The zero-order valence-electron chi connectivity index (χ0n) is 34.2. The van der Waals surface area contributed by atoms with Gasteiger partial charge in [-0.3, -0.25) is 9.59 Å². The largest absolute Gasteiger partial charge is 0.493 e. The van der Waals surface area contributed by atoms with Crippen LogP contribution in [0.5, 0.6) is 17.2 Å². The van der Waals surface area contributed by atoms with E-state index in [1.165, 1.54) is 0 Å². The van der Waals surface area contributed by atoms with Gasteiger partial charge in [-0.1, -0.05) is 84.0 Å². The number of hydrogen-bond acceptors (Lipinski definition) is 8. The number of methoxy groups -OCH3 is 3. The average Bonchev–Trinajstić information content (AvgIpc) is 3.53. The zero-order valence-corrected chi connectivity index (χ0v) is 34.2. The maximum absolute atomic E-state index is 14.5. The maximum Gasteiger partial charge on any atom is 0.481 e. The standard InChI is InChI=1S/C44H60BN3O7/c1-26(2)19-38(45-54-37-25-31-24-36(43(31,5)6)44(37,7)55-45)47-42(50)39(27(3)4)48-41(49)33(20-28-21-34(51-8)40(53-10)35(22-28)52-9)46-32-18-14-17-30(23-32)29-15-12-11-13-16-29/h11-18,21-23,26-27,31,33,36-39,46H,19-20,24-25H2,1-10H3,(H,47,50)(H,48,49)/t31-,33-,36-,37+,38+,39+,44-/m0/s1. The molecule has 10 nitrogen and oxygen atoms in total. The molecule has 11 heteroatoms. The molecule has 2 amide bonds. The first kappa shape index (κ1) is 40.4. The molecule has 0 unspecified atom stereocenters. The van der Waals surface area contributed by atoms with E-state index in [0.717, 1.165) is 35.2 Å². The minimum Gasteiger partial charge on any atom is -0.493 e. The SMILES string of the molecule is COc1cc(C[C@H](Nc2cccc(-c3ccccc3)c2)C(=O)N[C@@H](C(=O)N[C@H](CC(C)C)B2O[C@@H]3C[C@@H]4C[C@@H](C4(C)C)[C@]3(C)O2)C(C)C)cc(OC)c1OC. The Labute approximate surface area is 327 Å². The molecule has 3 aliphatic carbocycles. The van der Waals surface area contributed by atoms with E-state index in [9.17, 15) is 9.59 Å². The lowest BCUT2D eigenvalue weighted by atomic mass is 9.43. The third kappa shape index (κ3) is 8.34. The van der Waals surface area contributed by atoms with Crippen molar-refractivity contribution in [2.45, 2.75) is 104 Å². The van der Waals surface area contributed by atoms with Crippen molar-refractivity contribution in [3.05, 3.63) is 72.3 Å². The predicted octanol–water partition coefficient (Wildman–Crippen LogP) is 7.34. The Morgan fingerprint density at radius 1 is 0.836 bits per heavy atom. The number of carbonyl (C=O) groups excluding carboxylic acids is 2. The summed E-state index contributed by atoms with van der Waals surface area (Å²) >= 11 is 0. The van der Waals surface area contributed by atoms with Gasteiger partial charge in [0.2, 0.25) is 17.6 Å². The highest BCUT2D eigenvalue weighted by Crippen LogP contribution is 2.65. The Bertz CT molecular complexity index is 1790. The summed E-state index contributed by atoms with van der Waals surface area (Å²) in [6, 6.07) is 20.2. The number of amides is 2. The molecule has 296 valence electrons. The predicted molar refractivity (Wildman–Crippen MR) is 217 cm³/mol. The van der Waals surface area contributed by atoms with Crippen LogP contribution < -0.4 is 30.2 Å². The molecule has 0 aromatic heterocycles. The van der Waals surface area contributed by atoms with Crippen molar-refractivity contribution in [3.8, 4) is 28.4 Å². The Morgan fingerprint density at radius 3 is 2.11 bits per heavy atom. The Kier molecular flexibility index (Phi) is 12.1. The molecule has 0 radical (unpaired) electrons. The second kappa shape index (κ2) is 16.5. The van der Waals surface area contributed by atoms with Crippen molar-refractivity contribution in [2.24, 2.45) is 29.1 Å². The van der Waals surface area contributed by atoms with Crippen molar-refractivity contribution in [3.63, 3.8) is 0 Å². The molecule has 55 heavy (non-hydrogen) atoms. The molecule has 1 aliphatic heterocycles. The smallest absolute Gasteiger partial charge is 0.481 e. The van der Waals surface area contributed by atoms with Crippen LogP contribution in [0.2, 0.25) is 0 Å². The normalized spacial score (nSPS) is 23.9. The van der Waals surface area contributed by atoms with Crippen molar-refractivity contribution in [1.82, 2.24) is 10.6 Å². The number of rotatable bonds is 16. The van der Waals surface area contributed by atoms with E-state index in [1.807, 2.05) is 68.4 Å². The number of anilines is 1. The topological polar surface area (TPSA) is 116 Å². The lowest BCUT2D eigenvalue weighted by Crippen LogP contribution is -2.65. The van der Waals surface area contributed by atoms with E-state index in [-0.39, 0.29) is 47.5 Å². The number of ether oxygens (including phenoxy) is 3. The molecule has 3 aromatic rings. The van der Waals surface area contributed by atoms with E-state index in [0.29, 0.717) is 35.5 Å². The molecule has 0 spiro atoms.